The highest BCUT2D eigenvalue weighted by atomic mass is 16.5. The van der Waals surface area contributed by atoms with Gasteiger partial charge < -0.3 is 24.4 Å². The molecule has 8 heteroatoms. The highest BCUT2D eigenvalue weighted by molar-refractivity contribution is 5.80. The van der Waals surface area contributed by atoms with Crippen molar-refractivity contribution >= 4 is 5.96 Å². The van der Waals surface area contributed by atoms with E-state index in [0.717, 1.165) is 42.5 Å². The van der Waals surface area contributed by atoms with Gasteiger partial charge in [-0.1, -0.05) is 6.07 Å². The molecule has 8 nitrogen and oxygen atoms in total. The van der Waals surface area contributed by atoms with E-state index in [1.807, 2.05) is 37.6 Å². The molecular weight excluding hydrogens is 358 g/mol. The summed E-state index contributed by atoms with van der Waals surface area (Å²) in [5.74, 6) is 2.31. The summed E-state index contributed by atoms with van der Waals surface area (Å²) in [6, 6.07) is 5.87. The summed E-state index contributed by atoms with van der Waals surface area (Å²) in [6.45, 7) is 5.63. The average molecular weight is 387 g/mol. The van der Waals surface area contributed by atoms with Crippen LogP contribution in [0.2, 0.25) is 0 Å². The van der Waals surface area contributed by atoms with Gasteiger partial charge in [0.15, 0.2) is 17.5 Å². The van der Waals surface area contributed by atoms with E-state index >= 15 is 0 Å². The van der Waals surface area contributed by atoms with Crippen molar-refractivity contribution in [2.24, 2.45) is 12.0 Å². The van der Waals surface area contributed by atoms with Gasteiger partial charge in [0.25, 0.3) is 0 Å². The zero-order chi connectivity index (χ0) is 19.9. The molecule has 1 aliphatic rings. The molecule has 0 aliphatic carbocycles. The summed E-state index contributed by atoms with van der Waals surface area (Å²) in [5.41, 5.74) is 2.15. The number of nitrogens with zero attached hydrogens (tertiary/aromatic N) is 4. The largest absolute Gasteiger partial charge is 0.493 e. The number of guanidine groups is 1. The molecule has 2 aromatic rings. The summed E-state index contributed by atoms with van der Waals surface area (Å²) < 4.78 is 18.4. The molecule has 0 amide bonds. The van der Waals surface area contributed by atoms with Crippen LogP contribution >= 0.6 is 0 Å². The van der Waals surface area contributed by atoms with Crippen molar-refractivity contribution in [2.75, 3.05) is 40.5 Å². The van der Waals surface area contributed by atoms with E-state index in [9.17, 15) is 0 Å². The Labute approximate surface area is 166 Å². The number of nitrogens with one attached hydrogen (secondary N) is 1. The van der Waals surface area contributed by atoms with E-state index in [2.05, 4.69) is 22.2 Å². The molecule has 1 unspecified atom stereocenters. The standard InChI is InChI=1S/C20H29N5O3/c1-5-21-20(22-11-15-6-7-17(26-3)18(10-15)27-4)25-8-9-28-19(14-25)16-12-23-24(2)13-16/h6-7,10,12-13,19H,5,8-9,11,14H2,1-4H3,(H,21,22). The fourth-order valence-corrected chi connectivity index (χ4v) is 3.22. The summed E-state index contributed by atoms with van der Waals surface area (Å²) in [4.78, 5) is 7.07. The predicted molar refractivity (Wildman–Crippen MR) is 108 cm³/mol. The Bertz CT molecular complexity index is 805. The van der Waals surface area contributed by atoms with Gasteiger partial charge in [0.1, 0.15) is 6.10 Å². The van der Waals surface area contributed by atoms with Crippen LogP contribution in [-0.2, 0) is 18.3 Å². The molecule has 1 aromatic carbocycles. The highest BCUT2D eigenvalue weighted by Gasteiger charge is 2.25. The van der Waals surface area contributed by atoms with E-state index in [0.29, 0.717) is 18.9 Å². The molecule has 1 fully saturated rings. The maximum Gasteiger partial charge on any atom is 0.194 e. The third kappa shape index (κ3) is 4.75. The highest BCUT2D eigenvalue weighted by Crippen LogP contribution is 2.28. The van der Waals surface area contributed by atoms with E-state index in [1.54, 1.807) is 18.9 Å². The van der Waals surface area contributed by atoms with Crippen molar-refractivity contribution in [2.45, 2.75) is 19.6 Å². The Morgan fingerprint density at radius 2 is 2.14 bits per heavy atom. The molecule has 0 saturated carbocycles. The van der Waals surface area contributed by atoms with Gasteiger partial charge in [0.05, 0.1) is 40.1 Å². The minimum Gasteiger partial charge on any atom is -0.493 e. The number of morpholine rings is 1. The van der Waals surface area contributed by atoms with Gasteiger partial charge in [0.2, 0.25) is 0 Å². The molecule has 0 bridgehead atoms. The first-order chi connectivity index (χ1) is 13.6. The Morgan fingerprint density at radius 1 is 1.32 bits per heavy atom. The Morgan fingerprint density at radius 3 is 2.82 bits per heavy atom. The van der Waals surface area contributed by atoms with Crippen molar-refractivity contribution in [3.8, 4) is 11.5 Å². The second-order valence-electron chi connectivity index (χ2n) is 6.61. The number of aliphatic imine (C=N–C) groups is 1. The number of benzene rings is 1. The molecule has 28 heavy (non-hydrogen) atoms. The molecule has 3 rings (SSSR count). The van der Waals surface area contributed by atoms with E-state index in [-0.39, 0.29) is 6.10 Å². The molecule has 2 heterocycles. The number of hydrogen-bond acceptors (Lipinski definition) is 5. The third-order valence-corrected chi connectivity index (χ3v) is 4.66. The monoisotopic (exact) mass is 387 g/mol. The van der Waals surface area contributed by atoms with Crippen LogP contribution in [0.5, 0.6) is 11.5 Å². The van der Waals surface area contributed by atoms with Crippen LogP contribution in [0.3, 0.4) is 0 Å². The zero-order valence-electron chi connectivity index (χ0n) is 17.0. The van der Waals surface area contributed by atoms with Gasteiger partial charge >= 0.3 is 0 Å². The Balaban J connectivity index is 1.73. The molecule has 152 valence electrons. The van der Waals surface area contributed by atoms with Crippen molar-refractivity contribution < 1.29 is 14.2 Å². The van der Waals surface area contributed by atoms with Crippen molar-refractivity contribution in [3.05, 3.63) is 41.7 Å². The van der Waals surface area contributed by atoms with Gasteiger partial charge in [-0.15, -0.1) is 0 Å². The number of aromatic nitrogens is 2. The van der Waals surface area contributed by atoms with Crippen molar-refractivity contribution in [1.82, 2.24) is 20.0 Å². The zero-order valence-corrected chi connectivity index (χ0v) is 17.0. The van der Waals surface area contributed by atoms with Crippen LogP contribution in [0.15, 0.2) is 35.6 Å². The quantitative estimate of drug-likeness (QED) is 0.604. The minimum atomic E-state index is -0.00705. The average Bonchev–Trinajstić information content (AvgIpc) is 3.17. The van der Waals surface area contributed by atoms with Crippen LogP contribution in [0.25, 0.3) is 0 Å². The van der Waals surface area contributed by atoms with E-state index in [1.165, 1.54) is 0 Å². The smallest absolute Gasteiger partial charge is 0.194 e. The van der Waals surface area contributed by atoms with Crippen LogP contribution < -0.4 is 14.8 Å². The molecule has 1 saturated heterocycles. The molecule has 0 radical (unpaired) electrons. The Hall–Kier alpha value is -2.74. The van der Waals surface area contributed by atoms with Crippen LogP contribution in [0, 0.1) is 0 Å². The van der Waals surface area contributed by atoms with E-state index in [4.69, 9.17) is 19.2 Å². The lowest BCUT2D eigenvalue weighted by atomic mass is 10.1. The molecule has 1 aromatic heterocycles. The second kappa shape index (κ2) is 9.45. The van der Waals surface area contributed by atoms with Gasteiger partial charge in [0, 0.05) is 31.9 Å². The maximum absolute atomic E-state index is 5.95. The lowest BCUT2D eigenvalue weighted by Gasteiger charge is -2.34. The van der Waals surface area contributed by atoms with Crippen LogP contribution in [0.4, 0.5) is 0 Å². The third-order valence-electron chi connectivity index (χ3n) is 4.66. The number of rotatable bonds is 6. The number of methoxy groups -OCH3 is 2. The SMILES string of the molecule is CCNC(=NCc1ccc(OC)c(OC)c1)N1CCOC(c2cnn(C)c2)C1. The summed E-state index contributed by atoms with van der Waals surface area (Å²) in [6.07, 6.45) is 3.86. The topological polar surface area (TPSA) is 73.1 Å². The van der Waals surface area contributed by atoms with Gasteiger partial charge in [-0.2, -0.15) is 5.10 Å². The number of hydrogen-bond donors (Lipinski definition) is 1. The number of ether oxygens (including phenoxy) is 3. The van der Waals surface area contributed by atoms with Crippen LogP contribution in [-0.4, -0.2) is 61.1 Å². The Kier molecular flexibility index (Phi) is 6.76. The first-order valence-electron chi connectivity index (χ1n) is 9.49. The first kappa shape index (κ1) is 20.0. The lowest BCUT2D eigenvalue weighted by Crippen LogP contribution is -2.48. The fourth-order valence-electron chi connectivity index (χ4n) is 3.22. The van der Waals surface area contributed by atoms with Gasteiger partial charge in [-0.3, -0.25) is 4.68 Å². The maximum atomic E-state index is 5.95. The molecular formula is C20H29N5O3. The van der Waals surface area contributed by atoms with Gasteiger partial charge in [-0.25, -0.2) is 4.99 Å². The normalized spacial score (nSPS) is 17.5. The fraction of sp³-hybridized carbons (Fsp3) is 0.500. The summed E-state index contributed by atoms with van der Waals surface area (Å²) >= 11 is 0. The molecule has 1 aliphatic heterocycles. The summed E-state index contributed by atoms with van der Waals surface area (Å²) in [7, 11) is 5.19. The van der Waals surface area contributed by atoms with Gasteiger partial charge in [-0.05, 0) is 24.6 Å². The molecule has 1 N–H and O–H groups in total. The van der Waals surface area contributed by atoms with Crippen molar-refractivity contribution in [1.29, 1.82) is 0 Å². The van der Waals surface area contributed by atoms with Crippen molar-refractivity contribution in [3.63, 3.8) is 0 Å². The lowest BCUT2D eigenvalue weighted by molar-refractivity contribution is -0.00805. The predicted octanol–water partition coefficient (Wildman–Crippen LogP) is 1.98. The first-order valence-corrected chi connectivity index (χ1v) is 9.49. The molecule has 1 atom stereocenters. The molecule has 0 spiro atoms. The number of aryl methyl sites for hydroxylation is 1. The second-order valence-corrected chi connectivity index (χ2v) is 6.61. The van der Waals surface area contributed by atoms with Crippen LogP contribution in [0.1, 0.15) is 24.2 Å². The minimum absolute atomic E-state index is 0.00705. The summed E-state index contributed by atoms with van der Waals surface area (Å²) in [5, 5.41) is 7.65. The van der Waals surface area contributed by atoms with E-state index < -0.39 is 0 Å².